The molecule has 304 valence electrons. The van der Waals surface area contributed by atoms with Gasteiger partial charge in [-0.3, -0.25) is 18.3 Å². The first-order valence-electron chi connectivity index (χ1n) is 18.9. The zero-order valence-electron chi connectivity index (χ0n) is 31.8. The van der Waals surface area contributed by atoms with Crippen LogP contribution in [0.3, 0.4) is 0 Å². The summed E-state index contributed by atoms with van der Waals surface area (Å²) in [6, 6.07) is 0. The molecule has 51 heavy (non-hydrogen) atoms. The fourth-order valence-corrected chi connectivity index (χ4v) is 8.70. The molecule has 0 aromatic rings. The van der Waals surface area contributed by atoms with E-state index in [1.54, 1.807) is 0 Å². The molecule has 0 amide bonds. The summed E-state index contributed by atoms with van der Waals surface area (Å²) in [7, 11) is -19.6. The van der Waals surface area contributed by atoms with Gasteiger partial charge in [0.2, 0.25) is 0 Å². The number of phosphoric acid groups is 4. The fraction of sp³-hybridized carbons (Fsp3) is 1.00. The summed E-state index contributed by atoms with van der Waals surface area (Å²) in [5, 5.41) is 0. The van der Waals surface area contributed by atoms with E-state index in [0.717, 1.165) is 128 Å². The van der Waals surface area contributed by atoms with Crippen molar-refractivity contribution in [3.63, 3.8) is 0 Å². The third-order valence-electron chi connectivity index (χ3n) is 7.39. The van der Waals surface area contributed by atoms with E-state index >= 15 is 0 Å². The molecular weight excluding hydrogens is 780 g/mol. The Morgan fingerprint density at radius 2 is 0.471 bits per heavy atom. The maximum absolute atomic E-state index is 11.5. The number of unbranched alkanes of at least 4 members (excludes halogenated alkanes) is 20. The van der Waals surface area contributed by atoms with Crippen molar-refractivity contribution in [1.29, 1.82) is 0 Å². The van der Waals surface area contributed by atoms with Gasteiger partial charge in [0, 0.05) is 0 Å². The van der Waals surface area contributed by atoms with Crippen LogP contribution in [0, 0.1) is 0 Å². The Morgan fingerprint density at radius 1 is 0.314 bits per heavy atom. The normalized spacial score (nSPS) is 16.2. The van der Waals surface area contributed by atoms with Crippen LogP contribution in [0.1, 0.15) is 182 Å². The van der Waals surface area contributed by atoms with Crippen molar-refractivity contribution in [3.05, 3.63) is 0 Å². The topological polar surface area (TPSA) is 216 Å². The third-order valence-corrected chi connectivity index (χ3v) is 12.6. The molecule has 0 rings (SSSR count). The van der Waals surface area contributed by atoms with Crippen molar-refractivity contribution < 1.29 is 86.3 Å². The Morgan fingerprint density at radius 3 is 0.647 bits per heavy atom. The molecule has 0 fully saturated rings. The molecule has 0 N–H and O–H groups in total. The van der Waals surface area contributed by atoms with Gasteiger partial charge in [0.05, 0.1) is 26.4 Å². The van der Waals surface area contributed by atoms with Gasteiger partial charge in [-0.25, -0.2) is 8.62 Å². The van der Waals surface area contributed by atoms with Crippen molar-refractivity contribution in [1.82, 2.24) is 0 Å². The average molecular weight is 849 g/mol. The van der Waals surface area contributed by atoms with Gasteiger partial charge in [0.1, 0.15) is 0 Å². The molecular formula is C32H68O14P4Ti. The van der Waals surface area contributed by atoms with Crippen LogP contribution in [0.4, 0.5) is 0 Å². The summed E-state index contributed by atoms with van der Waals surface area (Å²) in [6.07, 6.45) is 23.1. The zero-order chi connectivity index (χ0) is 38.0. The second-order valence-electron chi connectivity index (χ2n) is 12.4. The molecule has 0 bridgehead atoms. The number of hydrogen-bond acceptors (Lipinski definition) is 14. The van der Waals surface area contributed by atoms with Crippen molar-refractivity contribution in [2.24, 2.45) is 0 Å². The Bertz CT molecular complexity index is 817. The van der Waals surface area contributed by atoms with Crippen molar-refractivity contribution in [3.8, 4) is 0 Å². The van der Waals surface area contributed by atoms with E-state index < -0.39 is 31.3 Å². The predicted molar refractivity (Wildman–Crippen MR) is 190 cm³/mol. The van der Waals surface area contributed by atoms with Crippen molar-refractivity contribution in [2.45, 2.75) is 182 Å². The van der Waals surface area contributed by atoms with E-state index in [1.807, 2.05) is 0 Å². The molecule has 0 heterocycles. The molecule has 0 saturated heterocycles. The van der Waals surface area contributed by atoms with Crippen molar-refractivity contribution >= 4 is 31.3 Å². The number of rotatable bonds is 36. The van der Waals surface area contributed by atoms with Gasteiger partial charge in [-0.05, 0) is 25.7 Å². The quantitative estimate of drug-likeness (QED) is 0.0326. The smallest absolute Gasteiger partial charge is 0.756 e. The second kappa shape index (κ2) is 36.8. The molecule has 0 saturated carbocycles. The summed E-state index contributed by atoms with van der Waals surface area (Å²) in [6.45, 7) is 8.14. The van der Waals surface area contributed by atoms with Gasteiger partial charge in [-0.1, -0.05) is 156 Å². The van der Waals surface area contributed by atoms with Crippen LogP contribution in [-0.2, 0) is 66.7 Å². The maximum atomic E-state index is 11.5. The van der Waals surface area contributed by atoms with Gasteiger partial charge >= 0.3 is 21.7 Å². The maximum Gasteiger partial charge on any atom is 4.00 e. The molecule has 0 aliphatic carbocycles. The summed E-state index contributed by atoms with van der Waals surface area (Å²) in [4.78, 5) is 46.1. The first kappa shape index (κ1) is 56.6. The predicted octanol–water partition coefficient (Wildman–Crippen LogP) is 9.39. The van der Waals surface area contributed by atoms with Gasteiger partial charge in [0.15, 0.2) is 0 Å². The minimum absolute atomic E-state index is 0. The van der Waals surface area contributed by atoms with Crippen LogP contribution in [0.2, 0.25) is 0 Å². The van der Waals surface area contributed by atoms with Crippen molar-refractivity contribution in [2.75, 3.05) is 26.4 Å². The second-order valence-corrected chi connectivity index (χ2v) is 18.3. The Kier molecular flexibility index (Phi) is 40.9. The van der Waals surface area contributed by atoms with Gasteiger partial charge < -0.3 is 37.7 Å². The molecule has 0 radical (unpaired) electrons. The van der Waals surface area contributed by atoms with Crippen LogP contribution >= 0.6 is 31.3 Å². The molecule has 0 aliphatic rings. The minimum Gasteiger partial charge on any atom is -0.756 e. The summed E-state index contributed by atoms with van der Waals surface area (Å²) < 4.78 is 72.5. The van der Waals surface area contributed by atoms with E-state index in [4.69, 9.17) is 0 Å². The Balaban J connectivity index is -0.000000886. The summed E-state index contributed by atoms with van der Waals surface area (Å²) in [5.74, 6) is 0. The fourth-order valence-electron chi connectivity index (χ4n) is 4.57. The number of phosphoric ester groups is 4. The Labute approximate surface area is 324 Å². The largest absolute Gasteiger partial charge is 4.00 e. The summed E-state index contributed by atoms with van der Waals surface area (Å²) in [5.41, 5.74) is 0. The molecule has 4 atom stereocenters. The average Bonchev–Trinajstić information content (AvgIpc) is 3.02. The summed E-state index contributed by atoms with van der Waals surface area (Å²) >= 11 is 0. The minimum atomic E-state index is -4.90. The van der Waals surface area contributed by atoms with E-state index in [1.165, 1.54) is 0 Å². The number of hydrogen-bond donors (Lipinski definition) is 0. The van der Waals surface area contributed by atoms with Gasteiger partial charge in [-0.15, -0.1) is 0 Å². The standard InChI is InChI=1S/2C16H36O7P2.Ti/c2*1-3-5-7-9-11-13-15-21-24(17,18)23-25(19,20)22-16-14-12-10-8-6-4-2;/h2*3-16H2,1-2H3,(H,17,18)(H,19,20);/q;;+4/p-4. The van der Waals surface area contributed by atoms with E-state index in [2.05, 4.69) is 54.4 Å². The van der Waals surface area contributed by atoms with Gasteiger partial charge in [0.25, 0.3) is 31.3 Å². The first-order chi connectivity index (χ1) is 23.7. The van der Waals surface area contributed by atoms with E-state index in [9.17, 15) is 37.8 Å². The Hall–Kier alpha value is 1.23. The molecule has 0 aromatic heterocycles. The van der Waals surface area contributed by atoms with E-state index in [0.29, 0.717) is 25.7 Å². The molecule has 4 unspecified atom stereocenters. The molecule has 19 heteroatoms. The molecule has 14 nitrogen and oxygen atoms in total. The van der Waals surface area contributed by atoms with Crippen LogP contribution in [0.25, 0.3) is 0 Å². The van der Waals surface area contributed by atoms with Crippen LogP contribution in [-0.4, -0.2) is 26.4 Å². The SMILES string of the molecule is CCCCCCCCOP(=O)([O-])OP(=O)([O-])OCCCCCCCC.CCCCCCCCOP(=O)([O-])OP(=O)([O-])OCCCCCCCC.[Ti+4]. The van der Waals surface area contributed by atoms with Crippen LogP contribution in [0.5, 0.6) is 0 Å². The molecule has 0 aromatic carbocycles. The van der Waals surface area contributed by atoms with E-state index in [-0.39, 0.29) is 48.1 Å². The first-order valence-corrected chi connectivity index (χ1v) is 24.7. The third kappa shape index (κ3) is 43.8. The van der Waals surface area contributed by atoms with Gasteiger partial charge in [-0.2, -0.15) is 0 Å². The van der Waals surface area contributed by atoms with Crippen LogP contribution < -0.4 is 19.6 Å². The molecule has 0 aliphatic heterocycles. The zero-order valence-corrected chi connectivity index (χ0v) is 36.9. The monoisotopic (exact) mass is 848 g/mol. The van der Waals surface area contributed by atoms with Crippen LogP contribution in [0.15, 0.2) is 0 Å². The molecule has 0 spiro atoms.